The number of alkyl halides is 1. The summed E-state index contributed by atoms with van der Waals surface area (Å²) in [5.74, 6) is 0.690. The van der Waals surface area contributed by atoms with Crippen LogP contribution in [0.4, 0.5) is 5.69 Å². The van der Waals surface area contributed by atoms with Crippen molar-refractivity contribution in [3.05, 3.63) is 36.5 Å². The Balaban J connectivity index is 2.26. The van der Waals surface area contributed by atoms with E-state index >= 15 is 0 Å². The van der Waals surface area contributed by atoms with E-state index in [4.69, 9.17) is 11.6 Å². The number of nitrogens with one attached hydrogen (secondary N) is 1. The number of pyridine rings is 1. The summed E-state index contributed by atoms with van der Waals surface area (Å²) in [7, 11) is 0. The average Bonchev–Trinajstić information content (AvgIpc) is 2.30. The number of halogens is 1. The Bertz CT molecular complexity index is 437. The number of hydrogen-bond donors (Lipinski definition) is 1. The first-order valence-corrected chi connectivity index (χ1v) is 5.59. The SMILES string of the molecule is ClCCCNc1ccnc2ccccc12. The second-order valence-electron chi connectivity index (χ2n) is 3.34. The number of para-hydroxylation sites is 1. The Morgan fingerprint density at radius 1 is 1.20 bits per heavy atom. The van der Waals surface area contributed by atoms with E-state index in [1.807, 2.05) is 30.5 Å². The van der Waals surface area contributed by atoms with Gasteiger partial charge in [-0.15, -0.1) is 11.6 Å². The van der Waals surface area contributed by atoms with E-state index in [1.54, 1.807) is 0 Å². The van der Waals surface area contributed by atoms with Crippen molar-refractivity contribution < 1.29 is 0 Å². The van der Waals surface area contributed by atoms with Gasteiger partial charge in [0.1, 0.15) is 0 Å². The first kappa shape index (κ1) is 10.2. The highest BCUT2D eigenvalue weighted by molar-refractivity contribution is 6.17. The van der Waals surface area contributed by atoms with Crippen LogP contribution < -0.4 is 5.32 Å². The third-order valence-electron chi connectivity index (χ3n) is 2.27. The van der Waals surface area contributed by atoms with Gasteiger partial charge >= 0.3 is 0 Å². The van der Waals surface area contributed by atoms with Gasteiger partial charge in [0.15, 0.2) is 0 Å². The van der Waals surface area contributed by atoms with E-state index in [9.17, 15) is 0 Å². The molecule has 0 unspecified atom stereocenters. The minimum Gasteiger partial charge on any atom is -0.384 e. The highest BCUT2D eigenvalue weighted by Crippen LogP contribution is 2.20. The third-order valence-corrected chi connectivity index (χ3v) is 2.54. The largest absolute Gasteiger partial charge is 0.384 e. The molecule has 0 aliphatic heterocycles. The van der Waals surface area contributed by atoms with Gasteiger partial charge in [0.25, 0.3) is 0 Å². The van der Waals surface area contributed by atoms with Crippen LogP contribution in [0.5, 0.6) is 0 Å². The molecule has 0 amide bonds. The minimum absolute atomic E-state index is 0.690. The lowest BCUT2D eigenvalue weighted by Crippen LogP contribution is -2.02. The van der Waals surface area contributed by atoms with Gasteiger partial charge in [-0.05, 0) is 18.6 Å². The maximum atomic E-state index is 5.63. The van der Waals surface area contributed by atoms with Crippen molar-refractivity contribution >= 4 is 28.2 Å². The van der Waals surface area contributed by atoms with Gasteiger partial charge in [0.05, 0.1) is 5.52 Å². The highest BCUT2D eigenvalue weighted by Gasteiger charge is 1.99. The number of fused-ring (bicyclic) bond motifs is 1. The number of hydrogen-bond acceptors (Lipinski definition) is 2. The van der Waals surface area contributed by atoms with Crippen LogP contribution in [0.3, 0.4) is 0 Å². The van der Waals surface area contributed by atoms with Crippen LogP contribution in [0, 0.1) is 0 Å². The molecule has 0 radical (unpaired) electrons. The Hall–Kier alpha value is -1.28. The zero-order valence-electron chi connectivity index (χ0n) is 8.41. The van der Waals surface area contributed by atoms with Crippen molar-refractivity contribution in [1.82, 2.24) is 4.98 Å². The van der Waals surface area contributed by atoms with Gasteiger partial charge in [-0.2, -0.15) is 0 Å². The molecule has 78 valence electrons. The third kappa shape index (κ3) is 2.39. The molecule has 1 aromatic heterocycles. The van der Waals surface area contributed by atoms with Gasteiger partial charge in [-0.3, -0.25) is 4.98 Å². The van der Waals surface area contributed by atoms with E-state index in [-0.39, 0.29) is 0 Å². The van der Waals surface area contributed by atoms with Crippen LogP contribution in [0.25, 0.3) is 10.9 Å². The standard InChI is InChI=1S/C12H13ClN2/c13-7-3-8-14-12-6-9-15-11-5-2-1-4-10(11)12/h1-2,4-6,9H,3,7-8H2,(H,14,15). The predicted octanol–water partition coefficient (Wildman–Crippen LogP) is 3.28. The first-order chi connectivity index (χ1) is 7.42. The Kier molecular flexibility index (Phi) is 3.41. The molecular weight excluding hydrogens is 208 g/mol. The highest BCUT2D eigenvalue weighted by atomic mass is 35.5. The number of nitrogens with zero attached hydrogens (tertiary/aromatic N) is 1. The molecule has 2 nitrogen and oxygen atoms in total. The van der Waals surface area contributed by atoms with E-state index in [2.05, 4.69) is 16.4 Å². The van der Waals surface area contributed by atoms with Crippen LogP contribution in [0.2, 0.25) is 0 Å². The number of aromatic nitrogens is 1. The molecule has 1 N–H and O–H groups in total. The minimum atomic E-state index is 0.690. The summed E-state index contributed by atoms with van der Waals surface area (Å²) in [5.41, 5.74) is 2.15. The number of benzene rings is 1. The molecule has 2 aromatic rings. The summed E-state index contributed by atoms with van der Waals surface area (Å²) >= 11 is 5.63. The quantitative estimate of drug-likeness (QED) is 0.632. The Labute approximate surface area is 94.3 Å². The molecule has 0 saturated heterocycles. The van der Waals surface area contributed by atoms with Crippen molar-refractivity contribution in [2.24, 2.45) is 0 Å². The van der Waals surface area contributed by atoms with Crippen LogP contribution in [-0.2, 0) is 0 Å². The molecule has 1 heterocycles. The molecule has 0 aliphatic carbocycles. The zero-order chi connectivity index (χ0) is 10.5. The van der Waals surface area contributed by atoms with Crippen molar-refractivity contribution in [1.29, 1.82) is 0 Å². The molecule has 0 saturated carbocycles. The molecule has 0 spiro atoms. The molecule has 0 bridgehead atoms. The van der Waals surface area contributed by atoms with Gasteiger partial charge in [0, 0.05) is 29.7 Å². The predicted molar refractivity (Wildman–Crippen MR) is 65.6 cm³/mol. The fraction of sp³-hybridized carbons (Fsp3) is 0.250. The second-order valence-corrected chi connectivity index (χ2v) is 3.72. The van der Waals surface area contributed by atoms with Crippen molar-refractivity contribution in [2.45, 2.75) is 6.42 Å². The molecule has 2 rings (SSSR count). The summed E-state index contributed by atoms with van der Waals surface area (Å²) in [6, 6.07) is 10.1. The molecule has 3 heteroatoms. The molecular formula is C12H13ClN2. The van der Waals surface area contributed by atoms with Crippen molar-refractivity contribution in [2.75, 3.05) is 17.7 Å². The fourth-order valence-corrected chi connectivity index (χ4v) is 1.67. The van der Waals surface area contributed by atoms with Crippen molar-refractivity contribution in [3.8, 4) is 0 Å². The van der Waals surface area contributed by atoms with Crippen LogP contribution in [-0.4, -0.2) is 17.4 Å². The summed E-state index contributed by atoms with van der Waals surface area (Å²) in [6.45, 7) is 0.900. The summed E-state index contributed by atoms with van der Waals surface area (Å²) in [6.07, 6.45) is 2.80. The average molecular weight is 221 g/mol. The molecule has 15 heavy (non-hydrogen) atoms. The van der Waals surface area contributed by atoms with Crippen LogP contribution >= 0.6 is 11.6 Å². The molecule has 0 fully saturated rings. The lowest BCUT2D eigenvalue weighted by Gasteiger charge is -2.07. The van der Waals surface area contributed by atoms with Gasteiger partial charge in [-0.1, -0.05) is 18.2 Å². The normalized spacial score (nSPS) is 10.5. The Morgan fingerprint density at radius 2 is 2.07 bits per heavy atom. The zero-order valence-corrected chi connectivity index (χ0v) is 9.17. The second kappa shape index (κ2) is 4.99. The van der Waals surface area contributed by atoms with Crippen LogP contribution in [0.1, 0.15) is 6.42 Å². The summed E-state index contributed by atoms with van der Waals surface area (Å²) in [5, 5.41) is 4.53. The molecule has 0 atom stereocenters. The maximum absolute atomic E-state index is 5.63. The van der Waals surface area contributed by atoms with E-state index < -0.39 is 0 Å². The lowest BCUT2D eigenvalue weighted by atomic mass is 10.2. The lowest BCUT2D eigenvalue weighted by molar-refractivity contribution is 0.988. The van der Waals surface area contributed by atoms with Gasteiger partial charge < -0.3 is 5.32 Å². The summed E-state index contributed by atoms with van der Waals surface area (Å²) in [4.78, 5) is 4.30. The number of rotatable bonds is 4. The summed E-state index contributed by atoms with van der Waals surface area (Å²) < 4.78 is 0. The fourth-order valence-electron chi connectivity index (χ4n) is 1.54. The van der Waals surface area contributed by atoms with Gasteiger partial charge in [-0.25, -0.2) is 0 Å². The monoisotopic (exact) mass is 220 g/mol. The van der Waals surface area contributed by atoms with Gasteiger partial charge in [0.2, 0.25) is 0 Å². The first-order valence-electron chi connectivity index (χ1n) is 5.05. The Morgan fingerprint density at radius 3 is 2.93 bits per heavy atom. The molecule has 1 aromatic carbocycles. The molecule has 0 aliphatic rings. The van der Waals surface area contributed by atoms with E-state index in [1.165, 1.54) is 0 Å². The van der Waals surface area contributed by atoms with E-state index in [0.717, 1.165) is 29.6 Å². The van der Waals surface area contributed by atoms with E-state index in [0.29, 0.717) is 5.88 Å². The smallest absolute Gasteiger partial charge is 0.0722 e. The number of anilines is 1. The maximum Gasteiger partial charge on any atom is 0.0722 e. The topological polar surface area (TPSA) is 24.9 Å². The van der Waals surface area contributed by atoms with Crippen molar-refractivity contribution in [3.63, 3.8) is 0 Å². The van der Waals surface area contributed by atoms with Crippen LogP contribution in [0.15, 0.2) is 36.5 Å².